The monoisotopic (exact) mass is 195 g/mol. The van der Waals surface area contributed by atoms with Crippen LogP contribution in [0.4, 0.5) is 0 Å². The van der Waals surface area contributed by atoms with Crippen molar-refractivity contribution in [1.82, 2.24) is 5.48 Å². The fourth-order valence-electron chi connectivity index (χ4n) is 3.92. The van der Waals surface area contributed by atoms with E-state index in [1.54, 1.807) is 0 Å². The van der Waals surface area contributed by atoms with Crippen LogP contribution >= 0.6 is 0 Å². The van der Waals surface area contributed by atoms with Gasteiger partial charge in [0.2, 0.25) is 0 Å². The molecule has 0 spiro atoms. The Morgan fingerprint density at radius 2 is 2.07 bits per heavy atom. The molecule has 0 radical (unpaired) electrons. The lowest BCUT2D eigenvalue weighted by atomic mass is 9.84. The number of hydrogen-bond acceptors (Lipinski definition) is 2. The second-order valence-corrected chi connectivity index (χ2v) is 5.68. The van der Waals surface area contributed by atoms with Crippen LogP contribution in [-0.4, -0.2) is 12.6 Å². The first kappa shape index (κ1) is 9.17. The van der Waals surface area contributed by atoms with Gasteiger partial charge >= 0.3 is 0 Å². The van der Waals surface area contributed by atoms with Gasteiger partial charge in [-0.25, -0.2) is 0 Å². The summed E-state index contributed by atoms with van der Waals surface area (Å²) in [6.07, 6.45) is 6.99. The molecule has 0 aromatic carbocycles. The molecule has 1 N–H and O–H groups in total. The van der Waals surface area contributed by atoms with Crippen LogP contribution in [0.25, 0.3) is 0 Å². The highest BCUT2D eigenvalue weighted by atomic mass is 16.6. The molecular weight excluding hydrogens is 174 g/mol. The van der Waals surface area contributed by atoms with E-state index in [1.165, 1.54) is 32.1 Å². The molecule has 1 heterocycles. The van der Waals surface area contributed by atoms with Crippen molar-refractivity contribution in [2.45, 2.75) is 45.1 Å². The van der Waals surface area contributed by atoms with Crippen molar-refractivity contribution in [3.63, 3.8) is 0 Å². The first-order valence-corrected chi connectivity index (χ1v) is 6.20. The van der Waals surface area contributed by atoms with Crippen LogP contribution in [0.1, 0.15) is 39.0 Å². The average molecular weight is 195 g/mol. The van der Waals surface area contributed by atoms with E-state index in [0.717, 1.165) is 30.3 Å². The van der Waals surface area contributed by atoms with Gasteiger partial charge in [0, 0.05) is 6.04 Å². The molecule has 0 aromatic rings. The zero-order chi connectivity index (χ0) is 9.54. The molecule has 5 atom stereocenters. The zero-order valence-corrected chi connectivity index (χ0v) is 9.04. The van der Waals surface area contributed by atoms with E-state index >= 15 is 0 Å². The first-order chi connectivity index (χ1) is 6.83. The van der Waals surface area contributed by atoms with Crippen molar-refractivity contribution in [2.75, 3.05) is 6.61 Å². The third kappa shape index (κ3) is 1.49. The molecular formula is C12H21NO. The van der Waals surface area contributed by atoms with E-state index in [1.807, 2.05) is 0 Å². The van der Waals surface area contributed by atoms with Crippen molar-refractivity contribution >= 4 is 0 Å². The van der Waals surface area contributed by atoms with Gasteiger partial charge in [-0.1, -0.05) is 13.3 Å². The highest BCUT2D eigenvalue weighted by Gasteiger charge is 2.41. The molecule has 2 saturated carbocycles. The summed E-state index contributed by atoms with van der Waals surface area (Å²) in [5.74, 6) is 3.77. The Balaban J connectivity index is 1.84. The van der Waals surface area contributed by atoms with Gasteiger partial charge in [0.25, 0.3) is 0 Å². The summed E-state index contributed by atoms with van der Waals surface area (Å²) in [7, 11) is 0. The third-order valence-electron chi connectivity index (χ3n) is 4.72. The Labute approximate surface area is 86.4 Å². The van der Waals surface area contributed by atoms with Crippen LogP contribution in [0.15, 0.2) is 0 Å². The number of nitrogens with one attached hydrogen (secondary N) is 1. The second kappa shape index (κ2) is 3.49. The van der Waals surface area contributed by atoms with Crippen molar-refractivity contribution in [3.8, 4) is 0 Å². The minimum Gasteiger partial charge on any atom is -0.301 e. The van der Waals surface area contributed by atoms with Gasteiger partial charge in [0.05, 0.1) is 6.61 Å². The summed E-state index contributed by atoms with van der Waals surface area (Å²) in [5, 5.41) is 0. The van der Waals surface area contributed by atoms with Crippen molar-refractivity contribution in [1.29, 1.82) is 0 Å². The quantitative estimate of drug-likeness (QED) is 0.640. The molecule has 0 aromatic heterocycles. The third-order valence-corrected chi connectivity index (χ3v) is 4.72. The van der Waals surface area contributed by atoms with E-state index in [2.05, 4.69) is 12.4 Å². The molecule has 2 nitrogen and oxygen atoms in total. The predicted molar refractivity (Wildman–Crippen MR) is 55.6 cm³/mol. The minimum atomic E-state index is 0.659. The highest BCUT2D eigenvalue weighted by Crippen LogP contribution is 2.46. The van der Waals surface area contributed by atoms with Gasteiger partial charge in [-0.05, 0) is 49.4 Å². The van der Waals surface area contributed by atoms with E-state index in [9.17, 15) is 0 Å². The van der Waals surface area contributed by atoms with Gasteiger partial charge in [0.15, 0.2) is 0 Å². The standard InChI is InChI=1S/C12H21NO/c1-8-2-3-9-4-10-5-11(6-12(8)10)13-14-7-9/h8-13H,2-7H2,1H3. The lowest BCUT2D eigenvalue weighted by Gasteiger charge is -2.23. The zero-order valence-electron chi connectivity index (χ0n) is 9.04. The van der Waals surface area contributed by atoms with E-state index in [0.29, 0.717) is 6.04 Å². The van der Waals surface area contributed by atoms with Crippen molar-refractivity contribution in [2.24, 2.45) is 23.7 Å². The van der Waals surface area contributed by atoms with Crippen LogP contribution in [-0.2, 0) is 4.84 Å². The smallest absolute Gasteiger partial charge is 0.0710 e. The van der Waals surface area contributed by atoms with Gasteiger partial charge in [0.1, 0.15) is 0 Å². The SMILES string of the molecule is CC1CCC2CONC3CC(C2)C1C3. The second-order valence-electron chi connectivity index (χ2n) is 5.68. The van der Waals surface area contributed by atoms with Gasteiger partial charge in [-0.15, -0.1) is 0 Å². The number of hydroxylamine groups is 1. The van der Waals surface area contributed by atoms with Crippen molar-refractivity contribution < 1.29 is 4.84 Å². The molecule has 2 heteroatoms. The predicted octanol–water partition coefficient (Wildman–Crippen LogP) is 2.35. The van der Waals surface area contributed by atoms with Crippen LogP contribution in [0.3, 0.4) is 0 Å². The summed E-state index contributed by atoms with van der Waals surface area (Å²) in [4.78, 5) is 5.58. The number of rotatable bonds is 0. The molecule has 5 unspecified atom stereocenters. The maximum atomic E-state index is 5.58. The van der Waals surface area contributed by atoms with Gasteiger partial charge in [-0.3, -0.25) is 0 Å². The molecule has 3 fully saturated rings. The lowest BCUT2D eigenvalue weighted by Crippen LogP contribution is -2.31. The molecule has 1 saturated heterocycles. The van der Waals surface area contributed by atoms with E-state index < -0.39 is 0 Å². The van der Waals surface area contributed by atoms with E-state index in [-0.39, 0.29) is 0 Å². The van der Waals surface area contributed by atoms with Crippen LogP contribution in [0.2, 0.25) is 0 Å². The molecule has 14 heavy (non-hydrogen) atoms. The molecule has 3 bridgehead atoms. The molecule has 0 amide bonds. The molecule has 3 aliphatic rings. The van der Waals surface area contributed by atoms with Crippen molar-refractivity contribution in [3.05, 3.63) is 0 Å². The topological polar surface area (TPSA) is 21.3 Å². The van der Waals surface area contributed by atoms with E-state index in [4.69, 9.17) is 4.84 Å². The summed E-state index contributed by atoms with van der Waals surface area (Å²) < 4.78 is 0. The Morgan fingerprint density at radius 1 is 1.14 bits per heavy atom. The fraction of sp³-hybridized carbons (Fsp3) is 1.00. The summed E-state index contributed by atoms with van der Waals surface area (Å²) >= 11 is 0. The Morgan fingerprint density at radius 3 is 3.00 bits per heavy atom. The maximum Gasteiger partial charge on any atom is 0.0710 e. The lowest BCUT2D eigenvalue weighted by molar-refractivity contribution is -0.0184. The highest BCUT2D eigenvalue weighted by molar-refractivity contribution is 4.92. The first-order valence-electron chi connectivity index (χ1n) is 6.20. The van der Waals surface area contributed by atoms with Crippen LogP contribution in [0.5, 0.6) is 0 Å². The van der Waals surface area contributed by atoms with Crippen LogP contribution in [0, 0.1) is 23.7 Å². The Hall–Kier alpha value is -0.0800. The molecule has 80 valence electrons. The Kier molecular flexibility index (Phi) is 2.29. The molecule has 3 rings (SSSR count). The minimum absolute atomic E-state index is 0.659. The molecule has 1 aliphatic heterocycles. The van der Waals surface area contributed by atoms with Gasteiger partial charge < -0.3 is 4.84 Å². The molecule has 2 aliphatic carbocycles. The fourth-order valence-corrected chi connectivity index (χ4v) is 3.92. The van der Waals surface area contributed by atoms with Gasteiger partial charge in [-0.2, -0.15) is 5.48 Å². The number of hydrogen-bond donors (Lipinski definition) is 1. The largest absolute Gasteiger partial charge is 0.301 e. The normalized spacial score (nSPS) is 52.5. The average Bonchev–Trinajstić information content (AvgIpc) is 2.50. The summed E-state index contributed by atoms with van der Waals surface area (Å²) in [6.45, 7) is 3.41. The summed E-state index contributed by atoms with van der Waals surface area (Å²) in [5.41, 5.74) is 3.26. The summed E-state index contributed by atoms with van der Waals surface area (Å²) in [6, 6.07) is 0.659. The van der Waals surface area contributed by atoms with Crippen LogP contribution < -0.4 is 5.48 Å². The number of fused-ring (bicyclic) bond motifs is 2. The Bertz CT molecular complexity index is 218. The maximum absolute atomic E-state index is 5.58.